The SMILES string of the molecule is CCOc1ccc(Nc2ncc(Cc3c[nH]c4ncc(C)cc34)cn2)cn1. The van der Waals surface area contributed by atoms with E-state index in [4.69, 9.17) is 4.74 Å². The second-order valence-corrected chi connectivity index (χ2v) is 6.26. The maximum atomic E-state index is 5.34. The first-order valence-electron chi connectivity index (χ1n) is 8.80. The van der Waals surface area contributed by atoms with Crippen molar-refractivity contribution in [1.29, 1.82) is 0 Å². The lowest BCUT2D eigenvalue weighted by atomic mass is 10.1. The van der Waals surface area contributed by atoms with Crippen LogP contribution in [0.2, 0.25) is 0 Å². The van der Waals surface area contributed by atoms with Crippen LogP contribution in [-0.4, -0.2) is 31.5 Å². The Kier molecular flexibility index (Phi) is 4.65. The van der Waals surface area contributed by atoms with Gasteiger partial charge in [-0.15, -0.1) is 0 Å². The Morgan fingerprint density at radius 2 is 1.89 bits per heavy atom. The maximum absolute atomic E-state index is 5.34. The molecule has 0 radical (unpaired) electrons. The van der Waals surface area contributed by atoms with Crippen molar-refractivity contribution in [2.24, 2.45) is 0 Å². The number of anilines is 2. The molecule has 0 aliphatic heterocycles. The number of pyridine rings is 2. The van der Waals surface area contributed by atoms with Crippen molar-refractivity contribution in [3.63, 3.8) is 0 Å². The molecule has 4 aromatic rings. The van der Waals surface area contributed by atoms with E-state index in [-0.39, 0.29) is 0 Å². The number of nitrogens with one attached hydrogen (secondary N) is 2. The molecule has 0 fully saturated rings. The summed E-state index contributed by atoms with van der Waals surface area (Å²) in [6.45, 7) is 4.57. The number of aromatic nitrogens is 5. The van der Waals surface area contributed by atoms with E-state index in [0.29, 0.717) is 18.4 Å². The lowest BCUT2D eigenvalue weighted by molar-refractivity contribution is 0.327. The zero-order valence-corrected chi connectivity index (χ0v) is 15.2. The van der Waals surface area contributed by atoms with E-state index in [1.54, 1.807) is 6.20 Å². The molecule has 0 aromatic carbocycles. The molecule has 4 aromatic heterocycles. The van der Waals surface area contributed by atoms with E-state index < -0.39 is 0 Å². The van der Waals surface area contributed by atoms with Crippen LogP contribution >= 0.6 is 0 Å². The van der Waals surface area contributed by atoms with Crippen molar-refractivity contribution in [2.45, 2.75) is 20.3 Å². The Labute approximate surface area is 156 Å². The molecule has 27 heavy (non-hydrogen) atoms. The molecule has 0 aliphatic carbocycles. The molecule has 0 bridgehead atoms. The highest BCUT2D eigenvalue weighted by molar-refractivity contribution is 5.80. The average Bonchev–Trinajstić information content (AvgIpc) is 3.07. The van der Waals surface area contributed by atoms with Gasteiger partial charge in [-0.05, 0) is 42.7 Å². The number of rotatable bonds is 6. The lowest BCUT2D eigenvalue weighted by Crippen LogP contribution is -2.00. The highest BCUT2D eigenvalue weighted by Crippen LogP contribution is 2.21. The van der Waals surface area contributed by atoms with E-state index in [0.717, 1.165) is 34.3 Å². The zero-order valence-electron chi connectivity index (χ0n) is 15.2. The molecular weight excluding hydrogens is 340 g/mol. The molecule has 0 saturated carbocycles. The van der Waals surface area contributed by atoms with Crippen molar-refractivity contribution >= 4 is 22.7 Å². The van der Waals surface area contributed by atoms with Crippen LogP contribution in [0, 0.1) is 6.92 Å². The van der Waals surface area contributed by atoms with Gasteiger partial charge in [0.25, 0.3) is 0 Å². The summed E-state index contributed by atoms with van der Waals surface area (Å²) in [7, 11) is 0. The molecule has 0 atom stereocenters. The van der Waals surface area contributed by atoms with E-state index >= 15 is 0 Å². The third-order valence-corrected chi connectivity index (χ3v) is 4.14. The van der Waals surface area contributed by atoms with Crippen molar-refractivity contribution < 1.29 is 4.74 Å². The fourth-order valence-electron chi connectivity index (χ4n) is 2.86. The predicted molar refractivity (Wildman–Crippen MR) is 104 cm³/mol. The monoisotopic (exact) mass is 360 g/mol. The summed E-state index contributed by atoms with van der Waals surface area (Å²) >= 11 is 0. The van der Waals surface area contributed by atoms with Gasteiger partial charge in [0.15, 0.2) is 0 Å². The van der Waals surface area contributed by atoms with Gasteiger partial charge < -0.3 is 15.0 Å². The first kappa shape index (κ1) is 17.0. The molecule has 0 saturated heterocycles. The molecular formula is C20H20N6O. The summed E-state index contributed by atoms with van der Waals surface area (Å²) in [6.07, 6.45) is 9.97. The average molecular weight is 360 g/mol. The number of hydrogen-bond acceptors (Lipinski definition) is 6. The molecule has 4 rings (SSSR count). The topological polar surface area (TPSA) is 88.6 Å². The van der Waals surface area contributed by atoms with Gasteiger partial charge in [0.1, 0.15) is 5.65 Å². The Balaban J connectivity index is 1.46. The normalized spacial score (nSPS) is 10.9. The Hall–Kier alpha value is -3.48. The smallest absolute Gasteiger partial charge is 0.227 e. The third kappa shape index (κ3) is 3.87. The molecule has 136 valence electrons. The van der Waals surface area contributed by atoms with Gasteiger partial charge in [0, 0.05) is 42.7 Å². The summed E-state index contributed by atoms with van der Waals surface area (Å²) in [5.74, 6) is 1.13. The van der Waals surface area contributed by atoms with E-state index in [9.17, 15) is 0 Å². The molecule has 0 amide bonds. The maximum Gasteiger partial charge on any atom is 0.227 e. The highest BCUT2D eigenvalue weighted by atomic mass is 16.5. The molecule has 2 N–H and O–H groups in total. The van der Waals surface area contributed by atoms with Crippen LogP contribution in [0.3, 0.4) is 0 Å². The fourth-order valence-corrected chi connectivity index (χ4v) is 2.86. The first-order valence-corrected chi connectivity index (χ1v) is 8.80. The minimum absolute atomic E-state index is 0.529. The van der Waals surface area contributed by atoms with Crippen LogP contribution in [0.1, 0.15) is 23.6 Å². The third-order valence-electron chi connectivity index (χ3n) is 4.14. The summed E-state index contributed by atoms with van der Waals surface area (Å²) in [6, 6.07) is 5.84. The van der Waals surface area contributed by atoms with Crippen LogP contribution < -0.4 is 10.1 Å². The van der Waals surface area contributed by atoms with Crippen molar-refractivity contribution in [3.05, 3.63) is 65.9 Å². The van der Waals surface area contributed by atoms with Crippen molar-refractivity contribution in [2.75, 3.05) is 11.9 Å². The van der Waals surface area contributed by atoms with E-state index in [2.05, 4.69) is 36.3 Å². The lowest BCUT2D eigenvalue weighted by Gasteiger charge is -2.06. The number of ether oxygens (including phenoxy) is 1. The quantitative estimate of drug-likeness (QED) is 0.544. The number of aromatic amines is 1. The summed E-state index contributed by atoms with van der Waals surface area (Å²) in [4.78, 5) is 20.6. The van der Waals surface area contributed by atoms with Gasteiger partial charge >= 0.3 is 0 Å². The zero-order chi connectivity index (χ0) is 18.6. The molecule has 0 unspecified atom stereocenters. The Morgan fingerprint density at radius 3 is 2.63 bits per heavy atom. The minimum Gasteiger partial charge on any atom is -0.478 e. The first-order chi connectivity index (χ1) is 13.2. The minimum atomic E-state index is 0.529. The largest absolute Gasteiger partial charge is 0.478 e. The number of aryl methyl sites for hydroxylation is 1. The van der Waals surface area contributed by atoms with Crippen molar-refractivity contribution in [1.82, 2.24) is 24.9 Å². The van der Waals surface area contributed by atoms with Crippen molar-refractivity contribution in [3.8, 4) is 5.88 Å². The molecule has 7 heteroatoms. The number of nitrogens with zero attached hydrogens (tertiary/aromatic N) is 4. The summed E-state index contributed by atoms with van der Waals surface area (Å²) in [5, 5.41) is 4.28. The fraction of sp³-hybridized carbons (Fsp3) is 0.200. The molecule has 4 heterocycles. The molecule has 0 aliphatic rings. The van der Waals surface area contributed by atoms with Crippen LogP contribution in [0.15, 0.2) is 49.2 Å². The van der Waals surface area contributed by atoms with Gasteiger partial charge in [-0.25, -0.2) is 19.9 Å². The standard InChI is InChI=1S/C20H20N6O/c1-3-27-18-5-4-16(12-21-18)26-20-24-9-14(10-25-20)7-15-11-23-19-17(15)6-13(2)8-22-19/h4-6,8-12H,3,7H2,1-2H3,(H,22,23)(H,24,25,26). The van der Waals surface area contributed by atoms with Crippen LogP contribution in [-0.2, 0) is 6.42 Å². The highest BCUT2D eigenvalue weighted by Gasteiger charge is 2.07. The summed E-state index contributed by atoms with van der Waals surface area (Å²) < 4.78 is 5.34. The van der Waals surface area contributed by atoms with Crippen LogP contribution in [0.25, 0.3) is 11.0 Å². The van der Waals surface area contributed by atoms with E-state index in [1.807, 2.05) is 50.8 Å². The Bertz CT molecular complexity index is 1040. The molecule has 7 nitrogen and oxygen atoms in total. The van der Waals surface area contributed by atoms with Gasteiger partial charge in [-0.3, -0.25) is 0 Å². The van der Waals surface area contributed by atoms with Gasteiger partial charge in [0.2, 0.25) is 11.8 Å². The van der Waals surface area contributed by atoms with Gasteiger partial charge in [0.05, 0.1) is 18.5 Å². The Morgan fingerprint density at radius 1 is 1.04 bits per heavy atom. The van der Waals surface area contributed by atoms with Crippen LogP contribution in [0.4, 0.5) is 11.6 Å². The number of hydrogen-bond donors (Lipinski definition) is 2. The second kappa shape index (κ2) is 7.41. The van der Waals surface area contributed by atoms with Gasteiger partial charge in [-0.1, -0.05) is 0 Å². The van der Waals surface area contributed by atoms with E-state index in [1.165, 1.54) is 5.56 Å². The predicted octanol–water partition coefficient (Wildman–Crippen LogP) is 3.79. The number of fused-ring (bicyclic) bond motifs is 1. The van der Waals surface area contributed by atoms with Crippen LogP contribution in [0.5, 0.6) is 5.88 Å². The molecule has 0 spiro atoms. The summed E-state index contributed by atoms with van der Waals surface area (Å²) in [5.41, 5.74) is 5.07. The number of H-pyrrole nitrogens is 1. The van der Waals surface area contributed by atoms with Gasteiger partial charge in [-0.2, -0.15) is 0 Å². The second-order valence-electron chi connectivity index (χ2n) is 6.26.